The molecule has 0 saturated carbocycles. The number of aryl methyl sites for hydroxylation is 2. The fourth-order valence-electron chi connectivity index (χ4n) is 2.00. The highest BCUT2D eigenvalue weighted by atomic mass is 35.5. The molecule has 6 N–H and O–H groups in total. The van der Waals surface area contributed by atoms with Crippen LogP contribution in [0.1, 0.15) is 22.9 Å². The van der Waals surface area contributed by atoms with Crippen molar-refractivity contribution in [2.24, 2.45) is 0 Å². The number of hydrogen-bond donors (Lipinski definition) is 6. The van der Waals surface area contributed by atoms with Crippen molar-refractivity contribution in [3.63, 3.8) is 0 Å². The van der Waals surface area contributed by atoms with Crippen molar-refractivity contribution in [2.45, 2.75) is 26.7 Å². The molecule has 0 unspecified atom stereocenters. The Morgan fingerprint density at radius 2 is 1.72 bits per heavy atom. The second-order valence-corrected chi connectivity index (χ2v) is 5.93. The Labute approximate surface area is 173 Å². The van der Waals surface area contributed by atoms with Crippen molar-refractivity contribution in [3.8, 4) is 0 Å². The second-order valence-electron chi connectivity index (χ2n) is 5.57. The van der Waals surface area contributed by atoms with Gasteiger partial charge in [-0.2, -0.15) is 0 Å². The lowest BCUT2D eigenvalue weighted by Gasteiger charge is -1.96. The van der Waals surface area contributed by atoms with Gasteiger partial charge < -0.3 is 30.1 Å². The minimum atomic E-state index is 0.100. The summed E-state index contributed by atoms with van der Waals surface area (Å²) in [5.41, 5.74) is 2.89. The predicted octanol–water partition coefficient (Wildman–Crippen LogP) is 1.98. The number of aromatic nitrogens is 8. The van der Waals surface area contributed by atoms with Crippen molar-refractivity contribution >= 4 is 11.6 Å². The second kappa shape index (κ2) is 15.0. The average Bonchev–Trinajstić information content (AvgIpc) is 3.49. The Kier molecular flexibility index (Phi) is 12.5. The predicted molar refractivity (Wildman–Crippen MR) is 110 cm³/mol. The van der Waals surface area contributed by atoms with E-state index < -0.39 is 0 Å². The normalized spacial score (nSPS) is 9.41. The van der Waals surface area contributed by atoms with E-state index in [9.17, 15) is 0 Å². The topological polar surface area (TPSA) is 155 Å². The number of aliphatic hydroxyl groups is 2. The molecule has 0 amide bonds. The largest absolute Gasteiger partial charge is 0.396 e. The van der Waals surface area contributed by atoms with Crippen LogP contribution in [0.15, 0.2) is 43.6 Å². The molecule has 0 aromatic carbocycles. The monoisotopic (exact) mass is 422 g/mol. The van der Waals surface area contributed by atoms with Gasteiger partial charge in [0.2, 0.25) is 0 Å². The number of halogens is 1. The summed E-state index contributed by atoms with van der Waals surface area (Å²) >= 11 is 5.29. The number of rotatable bonds is 4. The molecule has 29 heavy (non-hydrogen) atoms. The maximum Gasteiger partial charge on any atom is 0.199 e. The summed E-state index contributed by atoms with van der Waals surface area (Å²) in [4.78, 5) is 26.6. The zero-order chi connectivity index (χ0) is 21.3. The van der Waals surface area contributed by atoms with Crippen LogP contribution in [0.25, 0.3) is 0 Å². The third-order valence-corrected chi connectivity index (χ3v) is 3.43. The lowest BCUT2D eigenvalue weighted by atomic mass is 10.2. The van der Waals surface area contributed by atoms with Gasteiger partial charge in [0.05, 0.1) is 18.3 Å². The van der Waals surface area contributed by atoms with Crippen LogP contribution < -0.4 is 0 Å². The van der Waals surface area contributed by atoms with Crippen molar-refractivity contribution in [2.75, 3.05) is 13.2 Å². The Morgan fingerprint density at radius 1 is 0.931 bits per heavy atom. The van der Waals surface area contributed by atoms with Gasteiger partial charge in [-0.3, -0.25) is 0 Å². The van der Waals surface area contributed by atoms with Crippen LogP contribution in [-0.2, 0) is 12.8 Å². The highest BCUT2D eigenvalue weighted by Crippen LogP contribution is 2.03. The summed E-state index contributed by atoms with van der Waals surface area (Å²) in [5, 5.41) is 17.7. The van der Waals surface area contributed by atoms with Gasteiger partial charge in [0.15, 0.2) is 5.28 Å². The Hall–Kier alpha value is -2.95. The molecule has 4 rings (SSSR count). The van der Waals surface area contributed by atoms with E-state index in [0.717, 1.165) is 22.9 Å². The molecule has 10 nitrogen and oxygen atoms in total. The maximum atomic E-state index is 8.62. The van der Waals surface area contributed by atoms with E-state index in [-0.39, 0.29) is 13.2 Å². The first-order chi connectivity index (χ1) is 14.1. The number of hydrogen-bond acceptors (Lipinski definition) is 6. The van der Waals surface area contributed by atoms with E-state index in [0.29, 0.717) is 18.1 Å². The van der Waals surface area contributed by atoms with Crippen molar-refractivity contribution in [1.82, 2.24) is 39.9 Å². The van der Waals surface area contributed by atoms with Crippen molar-refractivity contribution in [1.29, 1.82) is 0 Å². The Bertz CT molecular complexity index is 789. The minimum absolute atomic E-state index is 0.100. The summed E-state index contributed by atoms with van der Waals surface area (Å²) in [5.74, 6) is 0.984. The molecule has 158 valence electrons. The summed E-state index contributed by atoms with van der Waals surface area (Å²) in [6, 6.07) is 0. The zero-order valence-corrected chi connectivity index (χ0v) is 17.2. The van der Waals surface area contributed by atoms with Gasteiger partial charge in [0.1, 0.15) is 5.82 Å². The standard InChI is InChI=1S/C7H12N2O2.C5H8N2.C3H3ClN2.C3H4N2/c10-3-1-6-7(2-4-11)9-5-8-6;1-4-3-6-5(2)7-4;4-3-5-1-2-6-3;1-2-5-3-4-1/h5,10-11H,1-4H2,(H,8,9);3H,1-2H3,(H,6,7);1-2H,(H,5,6);1-3H,(H,4,5). The molecule has 0 spiro atoms. The SMILES string of the molecule is Cc1cnc(C)[nH]1.Clc1ncc[nH]1.OCCc1nc[nH]c1CCO.c1c[nH]cn1. The van der Waals surface area contributed by atoms with E-state index in [2.05, 4.69) is 39.9 Å². The van der Waals surface area contributed by atoms with E-state index in [1.165, 1.54) is 0 Å². The molecule has 0 radical (unpaired) electrons. The number of imidazole rings is 4. The molecule has 4 heterocycles. The summed E-state index contributed by atoms with van der Waals surface area (Å²) < 4.78 is 0. The first-order valence-corrected chi connectivity index (χ1v) is 9.23. The molecule has 4 aromatic rings. The lowest BCUT2D eigenvalue weighted by molar-refractivity contribution is 0.291. The molecular weight excluding hydrogens is 396 g/mol. The zero-order valence-electron chi connectivity index (χ0n) is 16.4. The van der Waals surface area contributed by atoms with Crippen LogP contribution in [-0.4, -0.2) is 63.3 Å². The quantitative estimate of drug-likeness (QED) is 0.295. The van der Waals surface area contributed by atoms with Crippen LogP contribution >= 0.6 is 11.6 Å². The molecule has 0 aliphatic carbocycles. The lowest BCUT2D eigenvalue weighted by Crippen LogP contribution is -1.99. The maximum absolute atomic E-state index is 8.62. The van der Waals surface area contributed by atoms with Gasteiger partial charge in [0.25, 0.3) is 0 Å². The third-order valence-electron chi connectivity index (χ3n) is 3.22. The molecule has 4 aromatic heterocycles. The number of nitrogens with zero attached hydrogens (tertiary/aromatic N) is 4. The molecule has 11 heteroatoms. The third kappa shape index (κ3) is 11.5. The molecule has 0 atom stereocenters. The minimum Gasteiger partial charge on any atom is -0.396 e. The number of nitrogens with one attached hydrogen (secondary N) is 4. The number of aromatic amines is 4. The van der Waals surface area contributed by atoms with Crippen LogP contribution in [0.3, 0.4) is 0 Å². The van der Waals surface area contributed by atoms with Gasteiger partial charge in [-0.1, -0.05) is 0 Å². The first kappa shape index (κ1) is 24.1. The van der Waals surface area contributed by atoms with Gasteiger partial charge in [-0.15, -0.1) is 0 Å². The number of H-pyrrole nitrogens is 4. The molecule has 0 bridgehead atoms. The Morgan fingerprint density at radius 3 is 2.07 bits per heavy atom. The molecule has 0 aliphatic heterocycles. The molecular formula is C18H27ClN8O2. The van der Waals surface area contributed by atoms with Gasteiger partial charge in [-0.05, 0) is 25.4 Å². The smallest absolute Gasteiger partial charge is 0.199 e. The van der Waals surface area contributed by atoms with E-state index in [1.807, 2.05) is 20.0 Å². The summed E-state index contributed by atoms with van der Waals surface area (Å²) in [6.45, 7) is 4.14. The van der Waals surface area contributed by atoms with E-state index >= 15 is 0 Å². The van der Waals surface area contributed by atoms with E-state index in [1.54, 1.807) is 37.4 Å². The highest BCUT2D eigenvalue weighted by Gasteiger charge is 2.02. The number of aliphatic hydroxyl groups excluding tert-OH is 2. The van der Waals surface area contributed by atoms with Gasteiger partial charge >= 0.3 is 0 Å². The van der Waals surface area contributed by atoms with Crippen molar-refractivity contribution < 1.29 is 10.2 Å². The van der Waals surface area contributed by atoms with E-state index in [4.69, 9.17) is 21.8 Å². The van der Waals surface area contributed by atoms with Crippen LogP contribution in [0.2, 0.25) is 5.28 Å². The molecule has 0 fully saturated rings. The van der Waals surface area contributed by atoms with Crippen LogP contribution in [0, 0.1) is 13.8 Å². The van der Waals surface area contributed by atoms with Crippen LogP contribution in [0.5, 0.6) is 0 Å². The highest BCUT2D eigenvalue weighted by molar-refractivity contribution is 6.28. The molecule has 0 aliphatic rings. The Balaban J connectivity index is 0.000000203. The summed E-state index contributed by atoms with van der Waals surface area (Å²) in [7, 11) is 0. The van der Waals surface area contributed by atoms with Gasteiger partial charge in [0, 0.05) is 68.4 Å². The van der Waals surface area contributed by atoms with Crippen molar-refractivity contribution in [3.05, 3.63) is 71.8 Å². The average molecular weight is 423 g/mol. The molecule has 0 saturated heterocycles. The first-order valence-electron chi connectivity index (χ1n) is 8.85. The summed E-state index contributed by atoms with van der Waals surface area (Å²) in [6.07, 6.45) is 12.9. The van der Waals surface area contributed by atoms with Crippen LogP contribution in [0.4, 0.5) is 0 Å². The fourth-order valence-corrected chi connectivity index (χ4v) is 2.12. The fraction of sp³-hybridized carbons (Fsp3) is 0.333. The van der Waals surface area contributed by atoms with Gasteiger partial charge in [-0.25, -0.2) is 19.9 Å².